The van der Waals surface area contributed by atoms with Crippen LogP contribution in [0.25, 0.3) is 0 Å². The fraction of sp³-hybridized carbons (Fsp3) is 0.618. The van der Waals surface area contributed by atoms with Gasteiger partial charge in [-0.2, -0.15) is 0 Å². The number of hydrogen-bond donors (Lipinski definition) is 0. The molecular weight excluding hydrogens is 1010 g/mol. The van der Waals surface area contributed by atoms with E-state index in [0.29, 0.717) is 19.3 Å². The minimum absolute atomic E-state index is 0.0956. The molecule has 0 aliphatic rings. The molecule has 0 aromatic heterocycles. The summed E-state index contributed by atoms with van der Waals surface area (Å²) in [4.78, 5) is 38.3. The molecule has 0 fully saturated rings. The number of hydrogen-bond acceptors (Lipinski definition) is 6. The zero-order chi connectivity index (χ0) is 59.2. The molecule has 0 bridgehead atoms. The van der Waals surface area contributed by atoms with Crippen molar-refractivity contribution in [2.45, 2.75) is 290 Å². The minimum atomic E-state index is -0.800. The molecule has 0 heterocycles. The summed E-state index contributed by atoms with van der Waals surface area (Å²) in [7, 11) is 0. The van der Waals surface area contributed by atoms with Gasteiger partial charge in [-0.1, -0.05) is 275 Å². The summed E-state index contributed by atoms with van der Waals surface area (Å²) in [5.74, 6) is -0.927. The number of carbonyl (C=O) groups excluding carboxylic acids is 3. The highest BCUT2D eigenvalue weighted by molar-refractivity contribution is 5.71. The molecule has 0 N–H and O–H groups in total. The van der Waals surface area contributed by atoms with Crippen LogP contribution in [0.15, 0.2) is 158 Å². The van der Waals surface area contributed by atoms with Crippen molar-refractivity contribution in [1.29, 1.82) is 0 Å². The van der Waals surface area contributed by atoms with Crippen LogP contribution in [0.1, 0.15) is 284 Å². The van der Waals surface area contributed by atoms with Crippen molar-refractivity contribution in [2.75, 3.05) is 13.2 Å². The molecule has 0 aromatic rings. The SMILES string of the molecule is CC/C=C\C/C=C\C/C=C\C/C=C\C/C=C\C/C=C\C/C=C\C/C=C\CCCCCCCCCCC(=O)OCC(COC(=O)CCCCCCC/C=C\CCCCC)OC(=O)CCCCCCCC/C=C\C/C=C\C/C=C\C/C=C\CC. The van der Waals surface area contributed by atoms with Crippen LogP contribution in [0.3, 0.4) is 0 Å². The molecule has 462 valence electrons. The fourth-order valence-corrected chi connectivity index (χ4v) is 8.80. The van der Waals surface area contributed by atoms with E-state index in [4.69, 9.17) is 14.2 Å². The Balaban J connectivity index is 4.32. The van der Waals surface area contributed by atoms with E-state index in [0.717, 1.165) is 167 Å². The molecule has 0 radical (unpaired) electrons. The Morgan fingerprint density at radius 3 is 0.756 bits per heavy atom. The maximum Gasteiger partial charge on any atom is 0.306 e. The molecular formula is C76H122O6. The molecule has 1 unspecified atom stereocenters. The van der Waals surface area contributed by atoms with Crippen LogP contribution in [0.2, 0.25) is 0 Å². The summed E-state index contributed by atoms with van der Waals surface area (Å²) < 4.78 is 16.9. The molecule has 0 amide bonds. The highest BCUT2D eigenvalue weighted by Gasteiger charge is 2.19. The lowest BCUT2D eigenvalue weighted by Gasteiger charge is -2.18. The van der Waals surface area contributed by atoms with Crippen molar-refractivity contribution in [3.8, 4) is 0 Å². The highest BCUT2D eigenvalue weighted by Crippen LogP contribution is 2.15. The third-order valence-electron chi connectivity index (χ3n) is 13.7. The number of ether oxygens (including phenoxy) is 3. The summed E-state index contributed by atoms with van der Waals surface area (Å²) in [5.41, 5.74) is 0. The molecule has 6 heteroatoms. The molecule has 0 aromatic carbocycles. The predicted octanol–water partition coefficient (Wildman–Crippen LogP) is 23.3. The van der Waals surface area contributed by atoms with Crippen molar-refractivity contribution < 1.29 is 28.6 Å². The monoisotopic (exact) mass is 1130 g/mol. The van der Waals surface area contributed by atoms with Crippen LogP contribution >= 0.6 is 0 Å². The first kappa shape index (κ1) is 77.0. The van der Waals surface area contributed by atoms with E-state index in [9.17, 15) is 14.4 Å². The molecule has 0 aliphatic heterocycles. The zero-order valence-electron chi connectivity index (χ0n) is 52.9. The Bertz CT molecular complexity index is 1830. The Labute approximate surface area is 505 Å². The smallest absolute Gasteiger partial charge is 0.306 e. The van der Waals surface area contributed by atoms with Gasteiger partial charge in [0.15, 0.2) is 6.10 Å². The van der Waals surface area contributed by atoms with E-state index in [-0.39, 0.29) is 31.1 Å². The molecule has 6 nitrogen and oxygen atoms in total. The van der Waals surface area contributed by atoms with E-state index >= 15 is 0 Å². The Hall–Kier alpha value is -4.97. The van der Waals surface area contributed by atoms with Crippen LogP contribution in [-0.2, 0) is 28.6 Å². The minimum Gasteiger partial charge on any atom is -0.462 e. The van der Waals surface area contributed by atoms with Gasteiger partial charge in [-0.15, -0.1) is 0 Å². The van der Waals surface area contributed by atoms with Gasteiger partial charge in [0.2, 0.25) is 0 Å². The van der Waals surface area contributed by atoms with Crippen molar-refractivity contribution >= 4 is 17.9 Å². The van der Waals surface area contributed by atoms with Gasteiger partial charge in [-0.3, -0.25) is 14.4 Å². The first-order valence-electron chi connectivity index (χ1n) is 33.5. The van der Waals surface area contributed by atoms with Crippen LogP contribution < -0.4 is 0 Å². The van der Waals surface area contributed by atoms with Gasteiger partial charge in [0.25, 0.3) is 0 Å². The van der Waals surface area contributed by atoms with Gasteiger partial charge in [0.05, 0.1) is 0 Å². The lowest BCUT2D eigenvalue weighted by Crippen LogP contribution is -2.30. The summed E-state index contributed by atoms with van der Waals surface area (Å²) in [6.45, 7) is 6.36. The van der Waals surface area contributed by atoms with E-state index in [1.807, 2.05) is 0 Å². The van der Waals surface area contributed by atoms with E-state index < -0.39 is 6.10 Å². The van der Waals surface area contributed by atoms with Crippen LogP contribution in [0.5, 0.6) is 0 Å². The summed E-state index contributed by atoms with van der Waals surface area (Å²) in [6.07, 6.45) is 99.7. The largest absolute Gasteiger partial charge is 0.462 e. The van der Waals surface area contributed by atoms with Crippen LogP contribution in [-0.4, -0.2) is 37.2 Å². The Morgan fingerprint density at radius 1 is 0.256 bits per heavy atom. The molecule has 0 spiro atoms. The fourth-order valence-electron chi connectivity index (χ4n) is 8.80. The van der Waals surface area contributed by atoms with E-state index in [2.05, 4.69) is 179 Å². The first-order valence-corrected chi connectivity index (χ1v) is 33.5. The quantitative estimate of drug-likeness (QED) is 0.0261. The van der Waals surface area contributed by atoms with Crippen molar-refractivity contribution in [3.05, 3.63) is 158 Å². The number of rotatable bonds is 59. The summed E-state index contributed by atoms with van der Waals surface area (Å²) in [5, 5.41) is 0. The number of carbonyl (C=O) groups is 3. The second-order valence-electron chi connectivity index (χ2n) is 21.6. The maximum absolute atomic E-state index is 12.9. The zero-order valence-corrected chi connectivity index (χ0v) is 52.9. The van der Waals surface area contributed by atoms with Gasteiger partial charge < -0.3 is 14.2 Å². The number of esters is 3. The third kappa shape index (κ3) is 65.8. The van der Waals surface area contributed by atoms with Gasteiger partial charge >= 0.3 is 17.9 Å². The molecule has 0 saturated heterocycles. The standard InChI is InChI=1S/C76H122O6/c1-4-7-10-13-16-19-22-25-27-29-31-32-33-34-35-36-37-38-39-40-41-42-43-44-46-47-49-51-54-57-60-63-66-69-75(78)81-72-73(71-80-74(77)68-65-62-59-56-53-24-21-18-15-12-9-6-3)82-76(79)70-67-64-61-58-55-52-50-48-45-30-28-26-23-20-17-14-11-8-5-2/h7-8,10-11,16-21,25-28,31-32,34-35,37-38,40-41,43-45,48,73H,4-6,9,12-15,22-24,29-30,33,36,39,42,46-47,49-72H2,1-3H3/b10-7-,11-8-,19-16-,20-17-,21-18-,27-25-,28-26-,32-31-,35-34-,38-37-,41-40-,44-43-,48-45-. The average molecular weight is 1130 g/mol. The lowest BCUT2D eigenvalue weighted by atomic mass is 10.1. The molecule has 0 saturated carbocycles. The van der Waals surface area contributed by atoms with Crippen LogP contribution in [0.4, 0.5) is 0 Å². The topological polar surface area (TPSA) is 78.9 Å². The number of unbranched alkanes of at least 4 members (excludes halogenated alkanes) is 22. The van der Waals surface area contributed by atoms with Gasteiger partial charge in [0.1, 0.15) is 13.2 Å². The van der Waals surface area contributed by atoms with Gasteiger partial charge in [-0.25, -0.2) is 0 Å². The summed E-state index contributed by atoms with van der Waals surface area (Å²) in [6, 6.07) is 0. The molecule has 82 heavy (non-hydrogen) atoms. The number of allylic oxidation sites excluding steroid dienone is 26. The van der Waals surface area contributed by atoms with Crippen molar-refractivity contribution in [1.82, 2.24) is 0 Å². The predicted molar refractivity (Wildman–Crippen MR) is 357 cm³/mol. The summed E-state index contributed by atoms with van der Waals surface area (Å²) >= 11 is 0. The Morgan fingerprint density at radius 2 is 0.476 bits per heavy atom. The van der Waals surface area contributed by atoms with Crippen molar-refractivity contribution in [2.24, 2.45) is 0 Å². The maximum atomic E-state index is 12.9. The molecule has 0 rings (SSSR count). The second-order valence-corrected chi connectivity index (χ2v) is 21.6. The third-order valence-corrected chi connectivity index (χ3v) is 13.7. The second kappa shape index (κ2) is 68.5. The normalized spacial score (nSPS) is 13.2. The van der Waals surface area contributed by atoms with E-state index in [1.165, 1.54) is 77.0 Å². The average Bonchev–Trinajstić information content (AvgIpc) is 3.47. The van der Waals surface area contributed by atoms with Gasteiger partial charge in [-0.05, 0) is 148 Å². The molecule has 0 aliphatic carbocycles. The van der Waals surface area contributed by atoms with Gasteiger partial charge in [0, 0.05) is 19.3 Å². The van der Waals surface area contributed by atoms with Crippen molar-refractivity contribution in [3.63, 3.8) is 0 Å². The first-order chi connectivity index (χ1) is 40.5. The van der Waals surface area contributed by atoms with Crippen LogP contribution in [0, 0.1) is 0 Å². The molecule has 1 atom stereocenters. The lowest BCUT2D eigenvalue weighted by molar-refractivity contribution is -0.167. The van der Waals surface area contributed by atoms with E-state index in [1.54, 1.807) is 0 Å². The highest BCUT2D eigenvalue weighted by atomic mass is 16.6. The Kier molecular flexibility index (Phi) is 64.4.